The summed E-state index contributed by atoms with van der Waals surface area (Å²) in [4.78, 5) is 34.0. The van der Waals surface area contributed by atoms with E-state index in [2.05, 4.69) is 20.9 Å². The first-order valence-electron chi connectivity index (χ1n) is 11.2. The van der Waals surface area contributed by atoms with Crippen molar-refractivity contribution in [1.82, 2.24) is 19.4 Å². The van der Waals surface area contributed by atoms with Gasteiger partial charge in [0.25, 0.3) is 5.56 Å². The van der Waals surface area contributed by atoms with Gasteiger partial charge in [-0.15, -0.1) is 0 Å². The summed E-state index contributed by atoms with van der Waals surface area (Å²) in [5, 5.41) is 12.5. The third kappa shape index (κ3) is 3.34. The number of ether oxygens (including phenoxy) is 1. The Morgan fingerprint density at radius 1 is 1.06 bits per heavy atom. The Morgan fingerprint density at radius 3 is 2.61 bits per heavy atom. The van der Waals surface area contributed by atoms with E-state index in [9.17, 15) is 14.7 Å². The lowest BCUT2D eigenvalue weighted by molar-refractivity contribution is 0.215. The molecule has 0 aliphatic carbocycles. The van der Waals surface area contributed by atoms with Gasteiger partial charge in [-0.1, -0.05) is 37.3 Å². The largest absolute Gasteiger partial charge is 0.494 e. The van der Waals surface area contributed by atoms with Crippen molar-refractivity contribution in [3.63, 3.8) is 0 Å². The fraction of sp³-hybridized carbons (Fsp3) is 0.280. The smallest absolute Gasteiger partial charge is 0.335 e. The van der Waals surface area contributed by atoms with E-state index in [-0.39, 0.29) is 11.4 Å². The number of benzene rings is 2. The van der Waals surface area contributed by atoms with E-state index in [0.29, 0.717) is 24.6 Å². The molecule has 1 aliphatic heterocycles. The average molecular weight is 447 g/mol. The summed E-state index contributed by atoms with van der Waals surface area (Å²) in [7, 11) is 0. The van der Waals surface area contributed by atoms with Gasteiger partial charge in [0.1, 0.15) is 11.3 Å². The zero-order valence-electron chi connectivity index (χ0n) is 18.6. The maximum atomic E-state index is 13.1. The van der Waals surface area contributed by atoms with Crippen LogP contribution in [-0.2, 0) is 6.42 Å². The standard InChI is InChI=1S/C25H26N4O4/c1-3-28-14-13-16-15-9-5-6-10-17(15)26-21(16)22(28)20-23(30)27-25(32)29(24(20)31)18-11-7-8-12-19(18)33-4-2/h5-12,22,26,31H,3-4,13-14H2,1-2H3,(H,27,30,32)/t22-/m1/s1. The number of fused-ring (bicyclic) bond motifs is 3. The molecule has 0 saturated heterocycles. The van der Waals surface area contributed by atoms with Crippen molar-refractivity contribution < 1.29 is 9.84 Å². The molecule has 3 N–H and O–H groups in total. The number of nitrogens with zero attached hydrogens (tertiary/aromatic N) is 2. The first kappa shape index (κ1) is 21.1. The highest BCUT2D eigenvalue weighted by molar-refractivity contribution is 5.85. The minimum Gasteiger partial charge on any atom is -0.494 e. The van der Waals surface area contributed by atoms with E-state index in [1.165, 1.54) is 0 Å². The summed E-state index contributed by atoms with van der Waals surface area (Å²) in [6.07, 6.45) is 0.829. The number of hydrogen-bond donors (Lipinski definition) is 3. The first-order valence-corrected chi connectivity index (χ1v) is 11.2. The molecule has 1 aliphatic rings. The predicted octanol–water partition coefficient (Wildman–Crippen LogP) is 3.08. The van der Waals surface area contributed by atoms with Crippen molar-refractivity contribution in [2.24, 2.45) is 0 Å². The lowest BCUT2D eigenvalue weighted by Gasteiger charge is -2.35. The summed E-state index contributed by atoms with van der Waals surface area (Å²) < 4.78 is 6.79. The Balaban J connectivity index is 1.78. The van der Waals surface area contributed by atoms with Crippen LogP contribution in [0.4, 0.5) is 0 Å². The van der Waals surface area contributed by atoms with Crippen LogP contribution < -0.4 is 16.0 Å². The zero-order valence-corrected chi connectivity index (χ0v) is 18.6. The first-order chi connectivity index (χ1) is 16.0. The number of likely N-dealkylation sites (N-methyl/N-ethyl adjacent to an activating group) is 1. The van der Waals surface area contributed by atoms with Gasteiger partial charge in [0, 0.05) is 23.1 Å². The Kier molecular flexibility index (Phi) is 5.30. The Morgan fingerprint density at radius 2 is 1.82 bits per heavy atom. The van der Waals surface area contributed by atoms with E-state index < -0.39 is 17.3 Å². The maximum Gasteiger partial charge on any atom is 0.335 e. The topological polar surface area (TPSA) is 103 Å². The van der Waals surface area contributed by atoms with Crippen LogP contribution in [0.5, 0.6) is 11.6 Å². The normalized spacial score (nSPS) is 16.1. The van der Waals surface area contributed by atoms with Gasteiger partial charge in [0.15, 0.2) is 0 Å². The zero-order chi connectivity index (χ0) is 23.1. The lowest BCUT2D eigenvalue weighted by Crippen LogP contribution is -2.41. The molecule has 170 valence electrons. The van der Waals surface area contributed by atoms with Gasteiger partial charge >= 0.3 is 5.69 Å². The summed E-state index contributed by atoms with van der Waals surface area (Å²) in [5.74, 6) is 0.0588. The van der Waals surface area contributed by atoms with Gasteiger partial charge in [0.2, 0.25) is 5.88 Å². The average Bonchev–Trinajstić information content (AvgIpc) is 3.19. The molecule has 4 aromatic rings. The van der Waals surface area contributed by atoms with E-state index >= 15 is 0 Å². The Labute approximate surface area is 190 Å². The Bertz CT molecular complexity index is 1450. The molecule has 0 bridgehead atoms. The van der Waals surface area contributed by atoms with Crippen molar-refractivity contribution in [3.05, 3.63) is 86.2 Å². The molecule has 8 nitrogen and oxygen atoms in total. The molecule has 5 rings (SSSR count). The predicted molar refractivity (Wildman–Crippen MR) is 127 cm³/mol. The van der Waals surface area contributed by atoms with Crippen LogP contribution in [0.15, 0.2) is 58.1 Å². The quantitative estimate of drug-likeness (QED) is 0.437. The van der Waals surface area contributed by atoms with E-state index in [4.69, 9.17) is 4.74 Å². The summed E-state index contributed by atoms with van der Waals surface area (Å²) in [6.45, 7) is 5.66. The highest BCUT2D eigenvalue weighted by Crippen LogP contribution is 2.40. The number of hydrogen-bond acceptors (Lipinski definition) is 5. The molecule has 8 heteroatoms. The second-order valence-corrected chi connectivity index (χ2v) is 8.08. The van der Waals surface area contributed by atoms with Gasteiger partial charge in [0.05, 0.1) is 18.3 Å². The van der Waals surface area contributed by atoms with Gasteiger partial charge in [-0.3, -0.25) is 14.7 Å². The summed E-state index contributed by atoms with van der Waals surface area (Å²) in [6, 6.07) is 14.4. The number of nitrogens with one attached hydrogen (secondary N) is 2. The minimum absolute atomic E-state index is 0.134. The van der Waals surface area contributed by atoms with E-state index in [1.807, 2.05) is 32.0 Å². The van der Waals surface area contributed by atoms with Crippen molar-refractivity contribution in [2.45, 2.75) is 26.3 Å². The number of rotatable bonds is 5. The van der Waals surface area contributed by atoms with E-state index in [1.54, 1.807) is 24.3 Å². The molecule has 0 amide bonds. The number of aromatic nitrogens is 3. The molecular formula is C25H26N4O4. The van der Waals surface area contributed by atoms with Crippen LogP contribution in [0.2, 0.25) is 0 Å². The molecule has 0 spiro atoms. The molecule has 3 heterocycles. The Hall–Kier alpha value is -3.78. The van der Waals surface area contributed by atoms with Crippen LogP contribution in [-0.4, -0.2) is 44.2 Å². The minimum atomic E-state index is -0.718. The fourth-order valence-electron chi connectivity index (χ4n) is 4.89. The molecule has 2 aromatic heterocycles. The molecule has 33 heavy (non-hydrogen) atoms. The van der Waals surface area contributed by atoms with Crippen LogP contribution >= 0.6 is 0 Å². The van der Waals surface area contributed by atoms with Crippen LogP contribution in [0, 0.1) is 0 Å². The van der Waals surface area contributed by atoms with Crippen molar-refractivity contribution in [2.75, 3.05) is 19.7 Å². The van der Waals surface area contributed by atoms with Crippen molar-refractivity contribution in [3.8, 4) is 17.3 Å². The molecule has 1 atom stereocenters. The SMILES string of the molecule is CCOc1ccccc1-n1c(O)c([C@@H]2c3[nH]c4ccccc4c3CCN2CC)c(=O)[nH]c1=O. The molecule has 0 unspecified atom stereocenters. The number of aromatic hydroxyl groups is 1. The number of aromatic amines is 2. The third-order valence-corrected chi connectivity index (χ3v) is 6.34. The van der Waals surface area contributed by atoms with Gasteiger partial charge in [-0.05, 0) is 43.7 Å². The highest BCUT2D eigenvalue weighted by atomic mass is 16.5. The van der Waals surface area contributed by atoms with Crippen LogP contribution in [0.3, 0.4) is 0 Å². The molecular weight excluding hydrogens is 420 g/mol. The van der Waals surface area contributed by atoms with Crippen LogP contribution in [0.25, 0.3) is 16.6 Å². The van der Waals surface area contributed by atoms with Crippen molar-refractivity contribution >= 4 is 10.9 Å². The van der Waals surface area contributed by atoms with Gasteiger partial charge in [-0.2, -0.15) is 0 Å². The molecule has 2 aromatic carbocycles. The lowest BCUT2D eigenvalue weighted by atomic mass is 9.93. The molecule has 0 radical (unpaired) electrons. The highest BCUT2D eigenvalue weighted by Gasteiger charge is 2.36. The maximum absolute atomic E-state index is 13.1. The van der Waals surface area contributed by atoms with Gasteiger partial charge < -0.3 is 14.8 Å². The monoisotopic (exact) mass is 446 g/mol. The number of para-hydroxylation sites is 3. The molecule has 0 saturated carbocycles. The summed E-state index contributed by atoms with van der Waals surface area (Å²) in [5.41, 5.74) is 2.17. The van der Waals surface area contributed by atoms with Crippen LogP contribution in [0.1, 0.15) is 36.7 Å². The third-order valence-electron chi connectivity index (χ3n) is 6.34. The van der Waals surface area contributed by atoms with E-state index in [0.717, 1.165) is 39.7 Å². The van der Waals surface area contributed by atoms with Gasteiger partial charge in [-0.25, -0.2) is 9.36 Å². The second kappa shape index (κ2) is 8.29. The molecule has 0 fully saturated rings. The summed E-state index contributed by atoms with van der Waals surface area (Å²) >= 11 is 0. The fourth-order valence-corrected chi connectivity index (χ4v) is 4.89. The van der Waals surface area contributed by atoms with Crippen molar-refractivity contribution in [1.29, 1.82) is 0 Å². The second-order valence-electron chi connectivity index (χ2n) is 8.08. The number of H-pyrrole nitrogens is 2.